The second-order valence-corrected chi connectivity index (χ2v) is 4.13. The van der Waals surface area contributed by atoms with Gasteiger partial charge in [0.25, 0.3) is 0 Å². The summed E-state index contributed by atoms with van der Waals surface area (Å²) in [6.07, 6.45) is 0. The van der Waals surface area contributed by atoms with Crippen LogP contribution in [0.5, 0.6) is 0 Å². The fraction of sp³-hybridized carbons (Fsp3) is 0.385. The number of hydrogen-bond donors (Lipinski definition) is 2. The first-order valence-corrected chi connectivity index (χ1v) is 5.91. The number of hydrogen-bond acceptors (Lipinski definition) is 5. The summed E-state index contributed by atoms with van der Waals surface area (Å²) in [5.74, 6) is 0.0354. The quantitative estimate of drug-likeness (QED) is 0.619. The molecular weight excluding hydrogens is 230 g/mol. The van der Waals surface area contributed by atoms with Crippen molar-refractivity contribution in [2.24, 2.45) is 0 Å². The maximum atomic E-state index is 7.68. The van der Waals surface area contributed by atoms with Crippen LogP contribution in [0.15, 0.2) is 24.3 Å². The monoisotopic (exact) mass is 247 g/mol. The van der Waals surface area contributed by atoms with E-state index in [1.807, 2.05) is 24.3 Å². The normalized spacial score (nSPS) is 15.3. The molecule has 1 aliphatic heterocycles. The van der Waals surface area contributed by atoms with Gasteiger partial charge >= 0.3 is 0 Å². The van der Waals surface area contributed by atoms with E-state index in [9.17, 15) is 0 Å². The Kier molecular flexibility index (Phi) is 3.94. The number of nitrogens with zero attached hydrogens (tertiary/aromatic N) is 1. The van der Waals surface area contributed by atoms with Crippen LogP contribution in [-0.2, 0) is 9.47 Å². The summed E-state index contributed by atoms with van der Waals surface area (Å²) in [6, 6.07) is 7.63. The van der Waals surface area contributed by atoms with Gasteiger partial charge < -0.3 is 14.4 Å². The number of morpholine rings is 1. The lowest BCUT2D eigenvalue weighted by Crippen LogP contribution is -2.36. The standard InChI is InChI=1S/C13H17N3O2/c1-10(14)18-13(15)11-2-4-12(5-3-11)16-6-8-17-9-7-16/h2-5,14-15H,6-9H2,1H3. The van der Waals surface area contributed by atoms with Gasteiger partial charge in [-0.2, -0.15) is 0 Å². The zero-order valence-corrected chi connectivity index (χ0v) is 10.4. The van der Waals surface area contributed by atoms with E-state index in [4.69, 9.17) is 20.3 Å². The van der Waals surface area contributed by atoms with Crippen molar-refractivity contribution >= 4 is 17.5 Å². The first kappa shape index (κ1) is 12.6. The minimum atomic E-state index is 0.0102. The highest BCUT2D eigenvalue weighted by atomic mass is 16.5. The van der Waals surface area contributed by atoms with Crippen molar-refractivity contribution in [1.29, 1.82) is 10.8 Å². The highest BCUT2D eigenvalue weighted by Crippen LogP contribution is 2.17. The molecule has 0 radical (unpaired) electrons. The molecule has 5 nitrogen and oxygen atoms in total. The Morgan fingerprint density at radius 3 is 2.33 bits per heavy atom. The summed E-state index contributed by atoms with van der Waals surface area (Å²) in [5, 5.41) is 14.9. The van der Waals surface area contributed by atoms with Crippen LogP contribution in [0.1, 0.15) is 12.5 Å². The molecule has 0 unspecified atom stereocenters. The first-order chi connectivity index (χ1) is 8.66. The van der Waals surface area contributed by atoms with E-state index >= 15 is 0 Å². The summed E-state index contributed by atoms with van der Waals surface area (Å²) in [6.45, 7) is 4.82. The summed E-state index contributed by atoms with van der Waals surface area (Å²) in [4.78, 5) is 2.25. The minimum Gasteiger partial charge on any atom is -0.426 e. The Bertz CT molecular complexity index is 436. The average Bonchev–Trinajstić information content (AvgIpc) is 2.39. The number of nitrogens with one attached hydrogen (secondary N) is 2. The van der Waals surface area contributed by atoms with E-state index < -0.39 is 0 Å². The molecule has 1 aromatic rings. The van der Waals surface area contributed by atoms with Crippen LogP contribution in [0, 0.1) is 10.8 Å². The van der Waals surface area contributed by atoms with Crippen LogP contribution in [0.4, 0.5) is 5.69 Å². The van der Waals surface area contributed by atoms with Crippen LogP contribution in [0.3, 0.4) is 0 Å². The third-order valence-corrected chi connectivity index (χ3v) is 2.76. The molecule has 0 atom stereocenters. The fourth-order valence-electron chi connectivity index (χ4n) is 1.86. The van der Waals surface area contributed by atoms with Crippen LogP contribution < -0.4 is 4.90 Å². The highest BCUT2D eigenvalue weighted by molar-refractivity contribution is 5.98. The summed E-state index contributed by atoms with van der Waals surface area (Å²) < 4.78 is 10.3. The molecule has 0 saturated carbocycles. The van der Waals surface area contributed by atoms with Gasteiger partial charge in [0.15, 0.2) is 5.90 Å². The lowest BCUT2D eigenvalue weighted by Gasteiger charge is -2.28. The predicted molar refractivity (Wildman–Crippen MR) is 70.8 cm³/mol. The van der Waals surface area contributed by atoms with Crippen LogP contribution >= 0.6 is 0 Å². The van der Waals surface area contributed by atoms with Crippen molar-refractivity contribution in [3.63, 3.8) is 0 Å². The molecule has 1 aromatic carbocycles. The molecule has 1 aliphatic rings. The highest BCUT2D eigenvalue weighted by Gasteiger charge is 2.11. The number of anilines is 1. The third kappa shape index (κ3) is 3.07. The minimum absolute atomic E-state index is 0.0102. The van der Waals surface area contributed by atoms with E-state index in [0.717, 1.165) is 32.0 Å². The van der Waals surface area contributed by atoms with Crippen LogP contribution in [-0.4, -0.2) is 38.1 Å². The Hall–Kier alpha value is -1.88. The summed E-state index contributed by atoms with van der Waals surface area (Å²) >= 11 is 0. The van der Waals surface area contributed by atoms with E-state index in [2.05, 4.69) is 4.90 Å². The zero-order chi connectivity index (χ0) is 13.0. The Labute approximate surface area is 106 Å². The molecule has 0 aliphatic carbocycles. The average molecular weight is 247 g/mol. The van der Waals surface area contributed by atoms with Crippen molar-refractivity contribution < 1.29 is 9.47 Å². The second kappa shape index (κ2) is 5.64. The van der Waals surface area contributed by atoms with Crippen LogP contribution in [0.2, 0.25) is 0 Å². The smallest absolute Gasteiger partial charge is 0.220 e. The molecule has 96 valence electrons. The van der Waals surface area contributed by atoms with Crippen molar-refractivity contribution in [3.8, 4) is 0 Å². The molecule has 2 N–H and O–H groups in total. The van der Waals surface area contributed by atoms with E-state index in [1.54, 1.807) is 0 Å². The number of rotatable bonds is 2. The lowest BCUT2D eigenvalue weighted by molar-refractivity contribution is 0.122. The molecule has 0 spiro atoms. The predicted octanol–water partition coefficient (Wildman–Crippen LogP) is 1.86. The van der Waals surface area contributed by atoms with Crippen molar-refractivity contribution in [1.82, 2.24) is 0 Å². The van der Waals surface area contributed by atoms with E-state index in [0.29, 0.717) is 5.56 Å². The molecular formula is C13H17N3O2. The van der Waals surface area contributed by atoms with Gasteiger partial charge in [-0.1, -0.05) is 0 Å². The maximum absolute atomic E-state index is 7.68. The van der Waals surface area contributed by atoms with Crippen molar-refractivity contribution in [2.45, 2.75) is 6.92 Å². The molecule has 18 heavy (non-hydrogen) atoms. The Balaban J connectivity index is 2.04. The van der Waals surface area contributed by atoms with Gasteiger partial charge in [0.05, 0.1) is 13.2 Å². The van der Waals surface area contributed by atoms with E-state index in [-0.39, 0.29) is 11.8 Å². The Morgan fingerprint density at radius 1 is 1.17 bits per heavy atom. The topological polar surface area (TPSA) is 69.4 Å². The zero-order valence-electron chi connectivity index (χ0n) is 10.4. The van der Waals surface area contributed by atoms with Gasteiger partial charge in [-0.3, -0.25) is 10.8 Å². The van der Waals surface area contributed by atoms with E-state index in [1.165, 1.54) is 6.92 Å². The number of benzene rings is 1. The van der Waals surface area contributed by atoms with Crippen molar-refractivity contribution in [3.05, 3.63) is 29.8 Å². The molecule has 0 amide bonds. The van der Waals surface area contributed by atoms with Gasteiger partial charge in [0.1, 0.15) is 0 Å². The van der Waals surface area contributed by atoms with Gasteiger partial charge in [0.2, 0.25) is 5.90 Å². The van der Waals surface area contributed by atoms with Crippen LogP contribution in [0.25, 0.3) is 0 Å². The molecule has 1 fully saturated rings. The first-order valence-electron chi connectivity index (χ1n) is 5.91. The molecule has 1 heterocycles. The largest absolute Gasteiger partial charge is 0.426 e. The molecule has 0 aromatic heterocycles. The van der Waals surface area contributed by atoms with Gasteiger partial charge in [-0.15, -0.1) is 0 Å². The van der Waals surface area contributed by atoms with Gasteiger partial charge in [0, 0.05) is 31.3 Å². The fourth-order valence-corrected chi connectivity index (χ4v) is 1.86. The second-order valence-electron chi connectivity index (χ2n) is 4.13. The number of ether oxygens (including phenoxy) is 2. The molecule has 1 saturated heterocycles. The van der Waals surface area contributed by atoms with Gasteiger partial charge in [-0.05, 0) is 24.3 Å². The SMILES string of the molecule is CC(=N)OC(=N)c1ccc(N2CCOCC2)cc1. The Morgan fingerprint density at radius 2 is 1.78 bits per heavy atom. The summed E-state index contributed by atoms with van der Waals surface area (Å²) in [5.41, 5.74) is 1.81. The molecule has 0 bridgehead atoms. The maximum Gasteiger partial charge on any atom is 0.220 e. The summed E-state index contributed by atoms with van der Waals surface area (Å²) in [7, 11) is 0. The van der Waals surface area contributed by atoms with Crippen molar-refractivity contribution in [2.75, 3.05) is 31.2 Å². The lowest BCUT2D eigenvalue weighted by atomic mass is 10.2. The molecule has 5 heteroatoms. The molecule has 2 rings (SSSR count). The third-order valence-electron chi connectivity index (χ3n) is 2.76. The van der Waals surface area contributed by atoms with Gasteiger partial charge in [-0.25, -0.2) is 0 Å².